The van der Waals surface area contributed by atoms with Crippen molar-refractivity contribution in [2.45, 2.75) is 19.4 Å². The monoisotopic (exact) mass is 207 g/mol. The molecule has 15 heavy (non-hydrogen) atoms. The highest BCUT2D eigenvalue weighted by Gasteiger charge is 2.15. The van der Waals surface area contributed by atoms with Crippen molar-refractivity contribution in [3.05, 3.63) is 24.3 Å². The maximum absolute atomic E-state index is 5.79. The van der Waals surface area contributed by atoms with Crippen molar-refractivity contribution in [3.8, 4) is 11.5 Å². The zero-order valence-corrected chi connectivity index (χ0v) is 9.03. The Labute approximate surface area is 90.4 Å². The van der Waals surface area contributed by atoms with E-state index in [1.165, 1.54) is 0 Å². The Hall–Kier alpha value is -1.22. The van der Waals surface area contributed by atoms with Crippen LogP contribution in [0.1, 0.15) is 13.3 Å². The van der Waals surface area contributed by atoms with Crippen molar-refractivity contribution in [2.24, 2.45) is 0 Å². The van der Waals surface area contributed by atoms with Gasteiger partial charge in [0.05, 0.1) is 6.61 Å². The summed E-state index contributed by atoms with van der Waals surface area (Å²) < 4.78 is 11.2. The second kappa shape index (κ2) is 5.03. The van der Waals surface area contributed by atoms with Gasteiger partial charge in [-0.15, -0.1) is 0 Å². The molecule has 0 aliphatic carbocycles. The van der Waals surface area contributed by atoms with E-state index >= 15 is 0 Å². The lowest BCUT2D eigenvalue weighted by atomic mass is 10.3. The smallest absolute Gasteiger partial charge is 0.120 e. The van der Waals surface area contributed by atoms with Crippen LogP contribution in [0.2, 0.25) is 0 Å². The lowest BCUT2D eigenvalue weighted by molar-refractivity contribution is 0.222. The van der Waals surface area contributed by atoms with E-state index in [1.54, 1.807) is 0 Å². The van der Waals surface area contributed by atoms with Crippen LogP contribution in [0.4, 0.5) is 0 Å². The van der Waals surface area contributed by atoms with Crippen LogP contribution in [0.5, 0.6) is 11.5 Å². The Kier molecular flexibility index (Phi) is 3.45. The van der Waals surface area contributed by atoms with E-state index in [2.05, 4.69) is 5.32 Å². The van der Waals surface area contributed by atoms with E-state index in [0.29, 0.717) is 12.7 Å². The standard InChI is InChI=1S/C12H17NO2/c1-2-14-10-3-5-11(6-4-10)15-12-7-8-13-9-12/h3-6,12-13H,2,7-9H2,1H3/t12-/m0/s1. The number of ether oxygens (including phenoxy) is 2. The summed E-state index contributed by atoms with van der Waals surface area (Å²) in [7, 11) is 0. The molecule has 0 saturated carbocycles. The van der Waals surface area contributed by atoms with E-state index in [4.69, 9.17) is 9.47 Å². The van der Waals surface area contributed by atoms with Gasteiger partial charge < -0.3 is 14.8 Å². The minimum Gasteiger partial charge on any atom is -0.494 e. The maximum Gasteiger partial charge on any atom is 0.120 e. The second-order valence-electron chi connectivity index (χ2n) is 3.64. The van der Waals surface area contributed by atoms with Crippen LogP contribution >= 0.6 is 0 Å². The van der Waals surface area contributed by atoms with Gasteiger partial charge in [-0.3, -0.25) is 0 Å². The molecule has 3 nitrogen and oxygen atoms in total. The van der Waals surface area contributed by atoms with E-state index in [-0.39, 0.29) is 0 Å². The zero-order valence-electron chi connectivity index (χ0n) is 9.03. The summed E-state index contributed by atoms with van der Waals surface area (Å²) in [6, 6.07) is 7.81. The first-order chi connectivity index (χ1) is 7.38. The molecule has 1 aromatic rings. The lowest BCUT2D eigenvalue weighted by Crippen LogP contribution is -2.19. The normalized spacial score (nSPS) is 20.2. The number of rotatable bonds is 4. The molecule has 3 heteroatoms. The van der Waals surface area contributed by atoms with Gasteiger partial charge in [0.25, 0.3) is 0 Å². The molecule has 2 rings (SSSR count). The quantitative estimate of drug-likeness (QED) is 0.817. The molecule has 1 N–H and O–H groups in total. The first kappa shape index (κ1) is 10.3. The fraction of sp³-hybridized carbons (Fsp3) is 0.500. The third-order valence-electron chi connectivity index (χ3n) is 2.45. The Bertz CT molecular complexity index is 291. The predicted octanol–water partition coefficient (Wildman–Crippen LogP) is 1.83. The van der Waals surface area contributed by atoms with Crippen LogP contribution in [-0.4, -0.2) is 25.8 Å². The van der Waals surface area contributed by atoms with Crippen molar-refractivity contribution in [1.82, 2.24) is 5.32 Å². The highest BCUT2D eigenvalue weighted by atomic mass is 16.5. The van der Waals surface area contributed by atoms with Gasteiger partial charge in [-0.25, -0.2) is 0 Å². The van der Waals surface area contributed by atoms with Crippen molar-refractivity contribution < 1.29 is 9.47 Å². The van der Waals surface area contributed by atoms with E-state index in [9.17, 15) is 0 Å². The molecule has 82 valence electrons. The number of hydrogen-bond donors (Lipinski definition) is 1. The Morgan fingerprint density at radius 3 is 2.60 bits per heavy atom. The molecule has 0 unspecified atom stereocenters. The summed E-state index contributed by atoms with van der Waals surface area (Å²) in [4.78, 5) is 0. The van der Waals surface area contributed by atoms with Crippen LogP contribution in [0.3, 0.4) is 0 Å². The van der Waals surface area contributed by atoms with Crippen molar-refractivity contribution in [3.63, 3.8) is 0 Å². The van der Waals surface area contributed by atoms with Crippen LogP contribution < -0.4 is 14.8 Å². The second-order valence-corrected chi connectivity index (χ2v) is 3.64. The largest absolute Gasteiger partial charge is 0.494 e. The lowest BCUT2D eigenvalue weighted by Gasteiger charge is -2.12. The molecule has 1 atom stereocenters. The van der Waals surface area contributed by atoms with Gasteiger partial charge in [-0.2, -0.15) is 0 Å². The van der Waals surface area contributed by atoms with Gasteiger partial charge in [-0.1, -0.05) is 0 Å². The zero-order chi connectivity index (χ0) is 10.5. The van der Waals surface area contributed by atoms with Gasteiger partial charge in [-0.05, 0) is 44.2 Å². The average molecular weight is 207 g/mol. The topological polar surface area (TPSA) is 30.5 Å². The Morgan fingerprint density at radius 1 is 1.27 bits per heavy atom. The van der Waals surface area contributed by atoms with Gasteiger partial charge in [0.2, 0.25) is 0 Å². The average Bonchev–Trinajstić information content (AvgIpc) is 2.74. The molecule has 0 amide bonds. The molecule has 1 aromatic carbocycles. The summed E-state index contributed by atoms with van der Waals surface area (Å²) in [5.74, 6) is 1.82. The molecule has 1 heterocycles. The molecule has 1 fully saturated rings. The van der Waals surface area contributed by atoms with Crippen LogP contribution in [-0.2, 0) is 0 Å². The first-order valence-electron chi connectivity index (χ1n) is 5.48. The fourth-order valence-electron chi connectivity index (χ4n) is 1.70. The van der Waals surface area contributed by atoms with E-state index in [0.717, 1.165) is 31.0 Å². The molecule has 0 aromatic heterocycles. The predicted molar refractivity (Wildman–Crippen MR) is 59.5 cm³/mol. The SMILES string of the molecule is CCOc1ccc(O[C@H]2CCNC2)cc1. The number of nitrogens with one attached hydrogen (secondary N) is 1. The summed E-state index contributed by atoms with van der Waals surface area (Å²) >= 11 is 0. The Morgan fingerprint density at radius 2 is 2.00 bits per heavy atom. The molecular weight excluding hydrogens is 190 g/mol. The number of benzene rings is 1. The Balaban J connectivity index is 1.91. The molecule has 1 saturated heterocycles. The summed E-state index contributed by atoms with van der Waals surface area (Å²) in [6.45, 7) is 4.69. The molecule has 1 aliphatic heterocycles. The van der Waals surface area contributed by atoms with Gasteiger partial charge in [0.1, 0.15) is 17.6 Å². The third kappa shape index (κ3) is 2.86. The highest BCUT2D eigenvalue weighted by Crippen LogP contribution is 2.19. The van der Waals surface area contributed by atoms with Crippen molar-refractivity contribution in [1.29, 1.82) is 0 Å². The molecule has 0 bridgehead atoms. The summed E-state index contributed by atoms with van der Waals surface area (Å²) in [5, 5.41) is 3.27. The third-order valence-corrected chi connectivity index (χ3v) is 2.45. The van der Waals surface area contributed by atoms with Crippen LogP contribution in [0.15, 0.2) is 24.3 Å². The van der Waals surface area contributed by atoms with Crippen molar-refractivity contribution >= 4 is 0 Å². The molecular formula is C12H17NO2. The minimum atomic E-state index is 0.322. The van der Waals surface area contributed by atoms with Gasteiger partial charge in [0, 0.05) is 6.54 Å². The minimum absolute atomic E-state index is 0.322. The first-order valence-corrected chi connectivity index (χ1v) is 5.48. The fourth-order valence-corrected chi connectivity index (χ4v) is 1.70. The van der Waals surface area contributed by atoms with E-state index in [1.807, 2.05) is 31.2 Å². The number of hydrogen-bond acceptors (Lipinski definition) is 3. The summed E-state index contributed by atoms with van der Waals surface area (Å²) in [6.07, 6.45) is 1.41. The van der Waals surface area contributed by atoms with Crippen LogP contribution in [0, 0.1) is 0 Å². The van der Waals surface area contributed by atoms with Crippen molar-refractivity contribution in [2.75, 3.05) is 19.7 Å². The molecule has 0 spiro atoms. The van der Waals surface area contributed by atoms with Gasteiger partial charge in [0.15, 0.2) is 0 Å². The molecule has 0 radical (unpaired) electrons. The van der Waals surface area contributed by atoms with Crippen LogP contribution in [0.25, 0.3) is 0 Å². The summed E-state index contributed by atoms with van der Waals surface area (Å²) in [5.41, 5.74) is 0. The van der Waals surface area contributed by atoms with Gasteiger partial charge >= 0.3 is 0 Å². The highest BCUT2D eigenvalue weighted by molar-refractivity contribution is 5.31. The molecule has 1 aliphatic rings. The maximum atomic E-state index is 5.79. The van der Waals surface area contributed by atoms with E-state index < -0.39 is 0 Å².